The first-order valence-corrected chi connectivity index (χ1v) is 9.67. The van der Waals surface area contributed by atoms with Gasteiger partial charge in [-0.05, 0) is 57.5 Å². The first-order chi connectivity index (χ1) is 14.3. The molecule has 0 heterocycles. The van der Waals surface area contributed by atoms with Crippen molar-refractivity contribution in [3.05, 3.63) is 57.9 Å². The SMILES string of the molecule is CCOc1ccc([C@@H](C)N[C@@H](C)C(=O)Nc2ccc(F)c([N+](=O)[O-])c2)cc1OCC. The number of rotatable bonds is 10. The van der Waals surface area contributed by atoms with Crippen molar-refractivity contribution in [1.29, 1.82) is 0 Å². The number of nitro benzene ring substituents is 1. The standard InChI is InChI=1S/C21H26FN3O5/c1-5-29-19-10-7-15(11-20(19)30-6-2)13(3)23-14(4)21(26)24-16-8-9-17(22)18(12-16)25(27)28/h7-14,23H,5-6H2,1-4H3,(H,24,26)/t13-,14+/m1/s1. The number of carbonyl (C=O) groups is 1. The molecule has 30 heavy (non-hydrogen) atoms. The third-order valence-electron chi connectivity index (χ3n) is 4.37. The van der Waals surface area contributed by atoms with Crippen LogP contribution in [0.3, 0.4) is 0 Å². The summed E-state index contributed by atoms with van der Waals surface area (Å²) in [4.78, 5) is 22.5. The Morgan fingerprint density at radius 3 is 2.40 bits per heavy atom. The molecule has 9 heteroatoms. The number of benzene rings is 2. The van der Waals surface area contributed by atoms with Gasteiger partial charge in [-0.3, -0.25) is 20.2 Å². The van der Waals surface area contributed by atoms with E-state index in [4.69, 9.17) is 9.47 Å². The number of anilines is 1. The molecule has 2 aromatic carbocycles. The predicted octanol–water partition coefficient (Wildman–Crippen LogP) is 4.21. The lowest BCUT2D eigenvalue weighted by molar-refractivity contribution is -0.387. The number of halogens is 1. The minimum Gasteiger partial charge on any atom is -0.490 e. The first kappa shape index (κ1) is 23.1. The fourth-order valence-corrected chi connectivity index (χ4v) is 2.86. The predicted molar refractivity (Wildman–Crippen MR) is 111 cm³/mol. The van der Waals surface area contributed by atoms with E-state index in [1.54, 1.807) is 6.92 Å². The molecule has 0 aliphatic rings. The van der Waals surface area contributed by atoms with Crippen LogP contribution in [0, 0.1) is 15.9 Å². The van der Waals surface area contributed by atoms with Crippen molar-refractivity contribution in [3.8, 4) is 11.5 Å². The van der Waals surface area contributed by atoms with Crippen LogP contribution in [-0.4, -0.2) is 30.1 Å². The lowest BCUT2D eigenvalue weighted by atomic mass is 10.1. The van der Waals surface area contributed by atoms with E-state index in [9.17, 15) is 19.3 Å². The lowest BCUT2D eigenvalue weighted by Crippen LogP contribution is -2.39. The molecule has 0 aliphatic carbocycles. The van der Waals surface area contributed by atoms with Crippen molar-refractivity contribution < 1.29 is 23.6 Å². The molecular weight excluding hydrogens is 393 g/mol. The van der Waals surface area contributed by atoms with Gasteiger partial charge in [0.25, 0.3) is 0 Å². The van der Waals surface area contributed by atoms with Gasteiger partial charge < -0.3 is 14.8 Å². The molecule has 162 valence electrons. The second kappa shape index (κ2) is 10.5. The molecule has 0 saturated carbocycles. The van der Waals surface area contributed by atoms with E-state index in [0.717, 1.165) is 17.7 Å². The lowest BCUT2D eigenvalue weighted by Gasteiger charge is -2.21. The Morgan fingerprint density at radius 1 is 1.10 bits per heavy atom. The average molecular weight is 419 g/mol. The summed E-state index contributed by atoms with van der Waals surface area (Å²) in [5, 5.41) is 16.6. The Morgan fingerprint density at radius 2 is 1.77 bits per heavy atom. The summed E-state index contributed by atoms with van der Waals surface area (Å²) in [7, 11) is 0. The number of nitrogens with one attached hydrogen (secondary N) is 2. The normalized spacial score (nSPS) is 12.7. The Hall–Kier alpha value is -3.20. The number of hydrogen-bond acceptors (Lipinski definition) is 6. The maximum atomic E-state index is 13.5. The maximum Gasteiger partial charge on any atom is 0.306 e. The minimum absolute atomic E-state index is 0.147. The Labute approximate surface area is 174 Å². The summed E-state index contributed by atoms with van der Waals surface area (Å²) in [6, 6.07) is 7.98. The van der Waals surface area contributed by atoms with E-state index in [2.05, 4.69) is 10.6 Å². The van der Waals surface area contributed by atoms with E-state index in [0.29, 0.717) is 24.7 Å². The summed E-state index contributed by atoms with van der Waals surface area (Å²) in [5.74, 6) is -0.0858. The van der Waals surface area contributed by atoms with Crippen molar-refractivity contribution in [2.75, 3.05) is 18.5 Å². The third-order valence-corrected chi connectivity index (χ3v) is 4.37. The molecule has 0 bridgehead atoms. The molecule has 0 saturated heterocycles. The highest BCUT2D eigenvalue weighted by atomic mass is 19.1. The molecule has 2 aromatic rings. The van der Waals surface area contributed by atoms with Gasteiger partial charge in [-0.1, -0.05) is 6.07 Å². The molecule has 0 aliphatic heterocycles. The van der Waals surface area contributed by atoms with E-state index in [-0.39, 0.29) is 11.7 Å². The monoisotopic (exact) mass is 419 g/mol. The van der Waals surface area contributed by atoms with Gasteiger partial charge in [-0.25, -0.2) is 0 Å². The molecule has 0 aromatic heterocycles. The Bertz CT molecular complexity index is 906. The van der Waals surface area contributed by atoms with Gasteiger partial charge in [0.15, 0.2) is 11.5 Å². The zero-order valence-corrected chi connectivity index (χ0v) is 17.4. The summed E-state index contributed by atoms with van der Waals surface area (Å²) in [6.07, 6.45) is 0. The Balaban J connectivity index is 2.07. The van der Waals surface area contributed by atoms with Crippen LogP contribution in [0.5, 0.6) is 11.5 Å². The third kappa shape index (κ3) is 5.90. The molecule has 2 N–H and O–H groups in total. The zero-order valence-electron chi connectivity index (χ0n) is 17.4. The van der Waals surface area contributed by atoms with Gasteiger partial charge in [-0.2, -0.15) is 4.39 Å². The maximum absolute atomic E-state index is 13.5. The number of nitrogens with zero attached hydrogens (tertiary/aromatic N) is 1. The fraction of sp³-hybridized carbons (Fsp3) is 0.381. The highest BCUT2D eigenvalue weighted by Crippen LogP contribution is 2.31. The fourth-order valence-electron chi connectivity index (χ4n) is 2.86. The van der Waals surface area contributed by atoms with Crippen LogP contribution in [-0.2, 0) is 4.79 Å². The second-order valence-corrected chi connectivity index (χ2v) is 6.59. The van der Waals surface area contributed by atoms with Gasteiger partial charge in [0, 0.05) is 17.8 Å². The van der Waals surface area contributed by atoms with Crippen LogP contribution in [0.2, 0.25) is 0 Å². The smallest absolute Gasteiger partial charge is 0.306 e. The molecule has 0 spiro atoms. The average Bonchev–Trinajstić information content (AvgIpc) is 2.70. The highest BCUT2D eigenvalue weighted by Gasteiger charge is 2.20. The molecule has 0 unspecified atom stereocenters. The topological polar surface area (TPSA) is 103 Å². The van der Waals surface area contributed by atoms with E-state index < -0.39 is 28.4 Å². The first-order valence-electron chi connectivity index (χ1n) is 9.67. The van der Waals surface area contributed by atoms with Crippen molar-refractivity contribution in [2.24, 2.45) is 0 Å². The molecule has 2 rings (SSSR count). The Kier molecular flexibility index (Phi) is 8.11. The summed E-state index contributed by atoms with van der Waals surface area (Å²) in [5.41, 5.74) is 0.354. The highest BCUT2D eigenvalue weighted by molar-refractivity contribution is 5.94. The van der Waals surface area contributed by atoms with Crippen LogP contribution >= 0.6 is 0 Å². The van der Waals surface area contributed by atoms with Crippen molar-refractivity contribution in [1.82, 2.24) is 5.32 Å². The largest absolute Gasteiger partial charge is 0.490 e. The number of hydrogen-bond donors (Lipinski definition) is 2. The van der Waals surface area contributed by atoms with Crippen LogP contribution in [0.15, 0.2) is 36.4 Å². The van der Waals surface area contributed by atoms with Crippen molar-refractivity contribution >= 4 is 17.3 Å². The number of amides is 1. The molecule has 8 nitrogen and oxygen atoms in total. The molecule has 0 radical (unpaired) electrons. The van der Waals surface area contributed by atoms with Crippen LogP contribution in [0.4, 0.5) is 15.8 Å². The van der Waals surface area contributed by atoms with Crippen molar-refractivity contribution in [2.45, 2.75) is 39.8 Å². The van der Waals surface area contributed by atoms with Crippen LogP contribution < -0.4 is 20.1 Å². The van der Waals surface area contributed by atoms with E-state index in [1.807, 2.05) is 39.0 Å². The van der Waals surface area contributed by atoms with Gasteiger partial charge in [0.2, 0.25) is 11.7 Å². The van der Waals surface area contributed by atoms with Gasteiger partial charge in [0.1, 0.15) is 0 Å². The van der Waals surface area contributed by atoms with Gasteiger partial charge in [0.05, 0.1) is 24.2 Å². The number of nitro groups is 1. The van der Waals surface area contributed by atoms with Gasteiger partial charge >= 0.3 is 5.69 Å². The summed E-state index contributed by atoms with van der Waals surface area (Å²) in [6.45, 7) is 8.36. The summed E-state index contributed by atoms with van der Waals surface area (Å²) < 4.78 is 24.6. The quantitative estimate of drug-likeness (QED) is 0.442. The van der Waals surface area contributed by atoms with Crippen LogP contribution in [0.25, 0.3) is 0 Å². The van der Waals surface area contributed by atoms with E-state index >= 15 is 0 Å². The zero-order chi connectivity index (χ0) is 22.3. The minimum atomic E-state index is -0.960. The van der Waals surface area contributed by atoms with Gasteiger partial charge in [-0.15, -0.1) is 0 Å². The summed E-state index contributed by atoms with van der Waals surface area (Å²) >= 11 is 0. The molecular formula is C21H26FN3O5. The number of ether oxygens (including phenoxy) is 2. The van der Waals surface area contributed by atoms with Crippen molar-refractivity contribution in [3.63, 3.8) is 0 Å². The van der Waals surface area contributed by atoms with Crippen LogP contribution in [0.1, 0.15) is 39.3 Å². The molecule has 1 amide bonds. The second-order valence-electron chi connectivity index (χ2n) is 6.59. The molecule has 0 fully saturated rings. The van der Waals surface area contributed by atoms with E-state index in [1.165, 1.54) is 6.07 Å². The molecule has 2 atom stereocenters. The number of carbonyl (C=O) groups excluding carboxylic acids is 1.